The van der Waals surface area contributed by atoms with Gasteiger partial charge in [-0.3, -0.25) is 0 Å². The molecular formula is C15H26N2O3S. The molecule has 3 N–H and O–H groups in total. The molecule has 0 atom stereocenters. The molecule has 0 aliphatic heterocycles. The van der Waals surface area contributed by atoms with E-state index in [0.717, 1.165) is 19.3 Å². The van der Waals surface area contributed by atoms with Crippen LogP contribution in [-0.2, 0) is 10.0 Å². The lowest BCUT2D eigenvalue weighted by Gasteiger charge is -2.09. The van der Waals surface area contributed by atoms with Crippen molar-refractivity contribution >= 4 is 10.0 Å². The smallest absolute Gasteiger partial charge is 0.240 e. The average Bonchev–Trinajstić information content (AvgIpc) is 2.44. The summed E-state index contributed by atoms with van der Waals surface area (Å²) in [7, 11) is -3.43. The first-order valence-corrected chi connectivity index (χ1v) is 8.86. The Bertz CT molecular complexity index is 498. The molecule has 0 aromatic heterocycles. The van der Waals surface area contributed by atoms with Crippen LogP contribution in [0.15, 0.2) is 29.2 Å². The summed E-state index contributed by atoms with van der Waals surface area (Å²) in [5.74, 6) is 1.28. The van der Waals surface area contributed by atoms with Crippen LogP contribution >= 0.6 is 0 Å². The predicted molar refractivity (Wildman–Crippen MR) is 84.9 cm³/mol. The second kappa shape index (κ2) is 9.02. The lowest BCUT2D eigenvalue weighted by atomic mass is 10.1. The van der Waals surface area contributed by atoms with E-state index in [2.05, 4.69) is 18.6 Å². The van der Waals surface area contributed by atoms with E-state index in [1.165, 1.54) is 0 Å². The first-order chi connectivity index (χ1) is 9.95. The largest absolute Gasteiger partial charge is 0.492 e. The SMILES string of the molecule is CC(C)CCCCNS(=O)(=O)c1ccc(OCCN)cc1. The zero-order chi connectivity index (χ0) is 15.7. The zero-order valence-electron chi connectivity index (χ0n) is 12.8. The van der Waals surface area contributed by atoms with Crippen molar-refractivity contribution in [2.24, 2.45) is 11.7 Å². The molecule has 6 heteroatoms. The number of sulfonamides is 1. The lowest BCUT2D eigenvalue weighted by molar-refractivity contribution is 0.328. The van der Waals surface area contributed by atoms with E-state index in [1.807, 2.05) is 0 Å². The van der Waals surface area contributed by atoms with Crippen LogP contribution in [-0.4, -0.2) is 28.1 Å². The average molecular weight is 314 g/mol. The molecule has 1 rings (SSSR count). The maximum Gasteiger partial charge on any atom is 0.240 e. The maximum absolute atomic E-state index is 12.1. The highest BCUT2D eigenvalue weighted by Crippen LogP contribution is 2.16. The van der Waals surface area contributed by atoms with Crippen molar-refractivity contribution in [3.05, 3.63) is 24.3 Å². The van der Waals surface area contributed by atoms with Gasteiger partial charge >= 0.3 is 0 Å². The summed E-state index contributed by atoms with van der Waals surface area (Å²) in [5.41, 5.74) is 5.34. The van der Waals surface area contributed by atoms with Gasteiger partial charge in [0.1, 0.15) is 12.4 Å². The number of rotatable bonds is 10. The quantitative estimate of drug-likeness (QED) is 0.648. The van der Waals surface area contributed by atoms with Gasteiger partial charge in [-0.15, -0.1) is 0 Å². The molecule has 0 heterocycles. The summed E-state index contributed by atoms with van der Waals surface area (Å²) >= 11 is 0. The molecule has 0 radical (unpaired) electrons. The molecule has 0 aliphatic rings. The molecule has 0 amide bonds. The van der Waals surface area contributed by atoms with Gasteiger partial charge in [-0.25, -0.2) is 13.1 Å². The van der Waals surface area contributed by atoms with Crippen LogP contribution in [0.3, 0.4) is 0 Å². The van der Waals surface area contributed by atoms with Gasteiger partial charge in [-0.2, -0.15) is 0 Å². The zero-order valence-corrected chi connectivity index (χ0v) is 13.7. The van der Waals surface area contributed by atoms with E-state index in [0.29, 0.717) is 31.4 Å². The van der Waals surface area contributed by atoms with Crippen molar-refractivity contribution in [2.75, 3.05) is 19.7 Å². The number of benzene rings is 1. The molecule has 0 saturated carbocycles. The molecule has 0 fully saturated rings. The van der Waals surface area contributed by atoms with Gasteiger partial charge in [0.25, 0.3) is 0 Å². The van der Waals surface area contributed by atoms with Crippen molar-refractivity contribution in [3.63, 3.8) is 0 Å². The molecule has 0 saturated heterocycles. The van der Waals surface area contributed by atoms with Gasteiger partial charge in [-0.05, 0) is 36.6 Å². The van der Waals surface area contributed by atoms with Crippen molar-refractivity contribution in [3.8, 4) is 5.75 Å². The second-order valence-corrected chi connectivity index (χ2v) is 7.16. The first-order valence-electron chi connectivity index (χ1n) is 7.38. The number of nitrogens with one attached hydrogen (secondary N) is 1. The number of unbranched alkanes of at least 4 members (excludes halogenated alkanes) is 1. The van der Waals surface area contributed by atoms with E-state index in [-0.39, 0.29) is 4.90 Å². The third kappa shape index (κ3) is 6.93. The molecule has 0 aliphatic carbocycles. The monoisotopic (exact) mass is 314 g/mol. The number of nitrogens with two attached hydrogens (primary N) is 1. The lowest BCUT2D eigenvalue weighted by Crippen LogP contribution is -2.24. The summed E-state index contributed by atoms with van der Waals surface area (Å²) in [6, 6.07) is 6.37. The summed E-state index contributed by atoms with van der Waals surface area (Å²) in [4.78, 5) is 0.256. The van der Waals surface area contributed by atoms with E-state index in [1.54, 1.807) is 24.3 Å². The molecule has 1 aromatic rings. The van der Waals surface area contributed by atoms with Crippen molar-refractivity contribution < 1.29 is 13.2 Å². The van der Waals surface area contributed by atoms with Crippen LogP contribution in [0.5, 0.6) is 5.75 Å². The molecule has 5 nitrogen and oxygen atoms in total. The molecular weight excluding hydrogens is 288 g/mol. The van der Waals surface area contributed by atoms with Crippen LogP contribution in [0.25, 0.3) is 0 Å². The second-order valence-electron chi connectivity index (χ2n) is 5.40. The Hall–Kier alpha value is -1.11. The Morgan fingerprint density at radius 3 is 2.43 bits per heavy atom. The number of hydrogen-bond acceptors (Lipinski definition) is 4. The fraction of sp³-hybridized carbons (Fsp3) is 0.600. The fourth-order valence-corrected chi connectivity index (χ4v) is 2.93. The minimum Gasteiger partial charge on any atom is -0.492 e. The highest BCUT2D eigenvalue weighted by molar-refractivity contribution is 7.89. The van der Waals surface area contributed by atoms with Crippen LogP contribution in [0.1, 0.15) is 33.1 Å². The molecule has 21 heavy (non-hydrogen) atoms. The Morgan fingerprint density at radius 1 is 1.19 bits per heavy atom. The van der Waals surface area contributed by atoms with Crippen LogP contribution in [0.4, 0.5) is 0 Å². The standard InChI is InChI=1S/C15H26N2O3S/c1-13(2)5-3-4-11-17-21(18,19)15-8-6-14(7-9-15)20-12-10-16/h6-9,13,17H,3-5,10-12,16H2,1-2H3. The van der Waals surface area contributed by atoms with E-state index >= 15 is 0 Å². The Kier molecular flexibility index (Phi) is 7.71. The minimum atomic E-state index is -3.43. The topological polar surface area (TPSA) is 81.4 Å². The summed E-state index contributed by atoms with van der Waals surface area (Å²) < 4.78 is 32.1. The van der Waals surface area contributed by atoms with Gasteiger partial charge in [0.15, 0.2) is 0 Å². The summed E-state index contributed by atoms with van der Waals surface area (Å²) in [6.07, 6.45) is 3.01. The maximum atomic E-state index is 12.1. The Labute approximate surface area is 127 Å². The summed E-state index contributed by atoms with van der Waals surface area (Å²) in [5, 5.41) is 0. The number of ether oxygens (including phenoxy) is 1. The van der Waals surface area contributed by atoms with Crippen molar-refractivity contribution in [1.29, 1.82) is 0 Å². The van der Waals surface area contributed by atoms with Crippen LogP contribution < -0.4 is 15.2 Å². The van der Waals surface area contributed by atoms with Crippen molar-refractivity contribution in [2.45, 2.75) is 38.0 Å². The first kappa shape index (κ1) is 17.9. The third-order valence-electron chi connectivity index (χ3n) is 3.02. The van der Waals surface area contributed by atoms with Gasteiger partial charge in [0.2, 0.25) is 10.0 Å². The van der Waals surface area contributed by atoms with Gasteiger partial charge in [0, 0.05) is 13.1 Å². The highest BCUT2D eigenvalue weighted by atomic mass is 32.2. The minimum absolute atomic E-state index is 0.256. The predicted octanol–water partition coefficient (Wildman–Crippen LogP) is 2.13. The fourth-order valence-electron chi connectivity index (χ4n) is 1.86. The van der Waals surface area contributed by atoms with Gasteiger partial charge in [0.05, 0.1) is 4.90 Å². The molecule has 0 unspecified atom stereocenters. The van der Waals surface area contributed by atoms with Gasteiger partial charge in [-0.1, -0.05) is 26.7 Å². The highest BCUT2D eigenvalue weighted by Gasteiger charge is 2.13. The molecule has 0 bridgehead atoms. The summed E-state index contributed by atoms with van der Waals surface area (Å²) in [6.45, 7) is 5.65. The number of hydrogen-bond donors (Lipinski definition) is 2. The molecule has 120 valence electrons. The Balaban J connectivity index is 2.46. The Morgan fingerprint density at radius 2 is 1.86 bits per heavy atom. The molecule has 0 spiro atoms. The van der Waals surface area contributed by atoms with E-state index in [9.17, 15) is 8.42 Å². The van der Waals surface area contributed by atoms with Crippen LogP contribution in [0.2, 0.25) is 0 Å². The van der Waals surface area contributed by atoms with E-state index in [4.69, 9.17) is 10.5 Å². The van der Waals surface area contributed by atoms with Crippen molar-refractivity contribution in [1.82, 2.24) is 4.72 Å². The van der Waals surface area contributed by atoms with Gasteiger partial charge < -0.3 is 10.5 Å². The van der Waals surface area contributed by atoms with E-state index < -0.39 is 10.0 Å². The third-order valence-corrected chi connectivity index (χ3v) is 4.50. The normalized spacial score (nSPS) is 11.8. The molecule has 1 aromatic carbocycles. The van der Waals surface area contributed by atoms with Crippen LogP contribution in [0, 0.1) is 5.92 Å².